The van der Waals surface area contributed by atoms with Gasteiger partial charge >= 0.3 is 0 Å². The molecule has 0 saturated carbocycles. The highest BCUT2D eigenvalue weighted by atomic mass is 35.5. The second-order valence-corrected chi connectivity index (χ2v) is 10.1. The average molecular weight is 455 g/mol. The Bertz CT molecular complexity index is 947. The van der Waals surface area contributed by atoms with E-state index in [1.165, 1.54) is 4.31 Å². The Hall–Kier alpha value is -1.60. The molecule has 3 rings (SSSR count). The molecular weight excluding hydrogens is 431 g/mol. The predicted octanol–water partition coefficient (Wildman–Crippen LogP) is 4.41. The molecule has 0 bridgehead atoms. The molecular formula is C21H24Cl2N2O3S. The van der Waals surface area contributed by atoms with E-state index in [0.717, 1.165) is 5.56 Å². The smallest absolute Gasteiger partial charge is 0.224 e. The molecule has 8 heteroatoms. The van der Waals surface area contributed by atoms with Crippen LogP contribution in [0.4, 0.5) is 0 Å². The molecule has 156 valence electrons. The van der Waals surface area contributed by atoms with E-state index in [1.807, 2.05) is 37.3 Å². The van der Waals surface area contributed by atoms with E-state index < -0.39 is 10.0 Å². The zero-order valence-corrected chi connectivity index (χ0v) is 18.5. The van der Waals surface area contributed by atoms with Gasteiger partial charge in [0.1, 0.15) is 0 Å². The highest BCUT2D eigenvalue weighted by molar-refractivity contribution is 7.88. The lowest BCUT2D eigenvalue weighted by Gasteiger charge is -2.32. The van der Waals surface area contributed by atoms with Gasteiger partial charge in [-0.2, -0.15) is 0 Å². The summed E-state index contributed by atoms with van der Waals surface area (Å²) in [6.45, 7) is 2.48. The summed E-state index contributed by atoms with van der Waals surface area (Å²) in [6, 6.07) is 14.5. The number of sulfonamides is 1. The molecule has 1 aliphatic rings. The third kappa shape index (κ3) is 5.51. The van der Waals surface area contributed by atoms with Gasteiger partial charge in [-0.05, 0) is 37.5 Å². The van der Waals surface area contributed by atoms with Crippen LogP contribution in [0.2, 0.25) is 10.0 Å². The first kappa shape index (κ1) is 22.1. The van der Waals surface area contributed by atoms with Gasteiger partial charge in [0.2, 0.25) is 15.9 Å². The molecule has 1 N–H and O–H groups in total. The molecule has 5 nitrogen and oxygen atoms in total. The first-order valence-corrected chi connectivity index (χ1v) is 11.9. The van der Waals surface area contributed by atoms with Crippen molar-refractivity contribution in [1.82, 2.24) is 9.62 Å². The lowest BCUT2D eigenvalue weighted by molar-refractivity contribution is -0.126. The van der Waals surface area contributed by atoms with E-state index >= 15 is 0 Å². The molecule has 1 fully saturated rings. The quantitative estimate of drug-likeness (QED) is 0.702. The van der Waals surface area contributed by atoms with Gasteiger partial charge < -0.3 is 5.32 Å². The third-order valence-corrected chi connectivity index (χ3v) is 7.68. The zero-order valence-electron chi connectivity index (χ0n) is 16.1. The topological polar surface area (TPSA) is 66.5 Å². The second kappa shape index (κ2) is 9.47. The maximum absolute atomic E-state index is 12.9. The molecule has 2 aromatic rings. The average Bonchev–Trinajstić information content (AvgIpc) is 2.71. The minimum absolute atomic E-state index is 0.128. The van der Waals surface area contributed by atoms with E-state index in [1.54, 1.807) is 18.2 Å². The van der Waals surface area contributed by atoms with Crippen molar-refractivity contribution < 1.29 is 13.2 Å². The van der Waals surface area contributed by atoms with Gasteiger partial charge in [-0.1, -0.05) is 59.6 Å². The predicted molar refractivity (Wildman–Crippen MR) is 116 cm³/mol. The molecule has 2 atom stereocenters. The van der Waals surface area contributed by atoms with Gasteiger partial charge in [-0.3, -0.25) is 4.79 Å². The van der Waals surface area contributed by atoms with Crippen LogP contribution in [0.1, 0.15) is 36.9 Å². The second-order valence-electron chi connectivity index (χ2n) is 7.29. The van der Waals surface area contributed by atoms with Crippen molar-refractivity contribution in [3.8, 4) is 0 Å². The fraction of sp³-hybridized carbons (Fsp3) is 0.381. The fourth-order valence-electron chi connectivity index (χ4n) is 3.51. The summed E-state index contributed by atoms with van der Waals surface area (Å²) in [5.74, 6) is -0.788. The van der Waals surface area contributed by atoms with E-state index in [2.05, 4.69) is 5.32 Å². The number of nitrogens with one attached hydrogen (secondary N) is 1. The number of rotatable bonds is 6. The maximum Gasteiger partial charge on any atom is 0.224 e. The molecule has 0 spiro atoms. The molecule has 1 saturated heterocycles. The van der Waals surface area contributed by atoms with Gasteiger partial charge in [0.15, 0.2) is 0 Å². The summed E-state index contributed by atoms with van der Waals surface area (Å²) in [5.41, 5.74) is 1.40. The number of halogens is 2. The first-order chi connectivity index (χ1) is 13.8. The minimum Gasteiger partial charge on any atom is -0.349 e. The number of hydrogen-bond acceptors (Lipinski definition) is 3. The Morgan fingerprint density at radius 1 is 1.14 bits per heavy atom. The lowest BCUT2D eigenvalue weighted by Crippen LogP contribution is -2.46. The lowest BCUT2D eigenvalue weighted by atomic mass is 9.98. The van der Waals surface area contributed by atoms with E-state index in [9.17, 15) is 13.2 Å². The van der Waals surface area contributed by atoms with Crippen LogP contribution in [-0.2, 0) is 20.6 Å². The number of carbonyl (C=O) groups is 1. The van der Waals surface area contributed by atoms with Crippen molar-refractivity contribution in [3.05, 3.63) is 69.7 Å². The summed E-state index contributed by atoms with van der Waals surface area (Å²) in [7, 11) is -3.64. The molecule has 1 heterocycles. The van der Waals surface area contributed by atoms with Gasteiger partial charge in [0.05, 0.1) is 17.7 Å². The summed E-state index contributed by atoms with van der Waals surface area (Å²) in [5, 5.41) is 3.65. The Labute approximate surface area is 182 Å². The summed E-state index contributed by atoms with van der Waals surface area (Å²) in [6.07, 6.45) is 1.29. The maximum atomic E-state index is 12.9. The molecule has 0 aliphatic carbocycles. The Morgan fingerprint density at radius 3 is 2.45 bits per heavy atom. The molecule has 1 aliphatic heterocycles. The molecule has 0 unspecified atom stereocenters. The molecule has 0 radical (unpaired) electrons. The molecule has 29 heavy (non-hydrogen) atoms. The largest absolute Gasteiger partial charge is 0.349 e. The third-order valence-electron chi connectivity index (χ3n) is 5.20. The number of hydrogen-bond donors (Lipinski definition) is 1. The zero-order chi connectivity index (χ0) is 21.0. The van der Waals surface area contributed by atoms with Crippen molar-refractivity contribution in [2.24, 2.45) is 5.92 Å². The summed E-state index contributed by atoms with van der Waals surface area (Å²) < 4.78 is 27.3. The Balaban J connectivity index is 1.67. The van der Waals surface area contributed by atoms with Crippen molar-refractivity contribution >= 4 is 39.1 Å². The normalized spacial score (nSPS) is 18.9. The van der Waals surface area contributed by atoms with Gasteiger partial charge in [0.25, 0.3) is 0 Å². The van der Waals surface area contributed by atoms with Crippen LogP contribution in [-0.4, -0.2) is 31.7 Å². The van der Waals surface area contributed by atoms with Crippen LogP contribution >= 0.6 is 23.2 Å². The van der Waals surface area contributed by atoms with E-state index in [4.69, 9.17) is 23.2 Å². The van der Waals surface area contributed by atoms with Crippen molar-refractivity contribution in [2.75, 3.05) is 13.1 Å². The van der Waals surface area contributed by atoms with Crippen molar-refractivity contribution in [2.45, 2.75) is 31.6 Å². The van der Waals surface area contributed by atoms with Gasteiger partial charge in [-0.15, -0.1) is 0 Å². The standard InChI is InChI=1S/C21H24Cl2N2O3S/c1-15(16-7-3-2-4-8-16)24-21(26)17-9-6-12-25(13-17)29(27,28)14-18-19(22)10-5-11-20(18)23/h2-5,7-8,10-11,15,17H,6,9,12-14H2,1H3,(H,24,26)/t15-,17+/m1/s1. The minimum atomic E-state index is -3.64. The van der Waals surface area contributed by atoms with Gasteiger partial charge in [0, 0.05) is 28.7 Å². The first-order valence-electron chi connectivity index (χ1n) is 9.54. The highest BCUT2D eigenvalue weighted by Gasteiger charge is 2.33. The number of nitrogens with zero attached hydrogens (tertiary/aromatic N) is 1. The van der Waals surface area contributed by atoms with Crippen LogP contribution in [0.15, 0.2) is 48.5 Å². The molecule has 0 aromatic heterocycles. The van der Waals surface area contributed by atoms with Crippen molar-refractivity contribution in [3.63, 3.8) is 0 Å². The number of carbonyl (C=O) groups excluding carboxylic acids is 1. The Morgan fingerprint density at radius 2 is 1.79 bits per heavy atom. The number of amides is 1. The van der Waals surface area contributed by atoms with Crippen LogP contribution < -0.4 is 5.32 Å². The number of piperidine rings is 1. The molecule has 1 amide bonds. The summed E-state index contributed by atoms with van der Waals surface area (Å²) in [4.78, 5) is 12.7. The van der Waals surface area contributed by atoms with Crippen molar-refractivity contribution in [1.29, 1.82) is 0 Å². The SMILES string of the molecule is C[C@@H](NC(=O)[C@H]1CCCN(S(=O)(=O)Cc2c(Cl)cccc2Cl)C1)c1ccccc1. The highest BCUT2D eigenvalue weighted by Crippen LogP contribution is 2.29. The Kier molecular flexibility index (Phi) is 7.22. The van der Waals surface area contributed by atoms with E-state index in [-0.39, 0.29) is 30.2 Å². The van der Waals surface area contributed by atoms with Crippen LogP contribution in [0.25, 0.3) is 0 Å². The van der Waals surface area contributed by atoms with Gasteiger partial charge in [-0.25, -0.2) is 12.7 Å². The van der Waals surface area contributed by atoms with Crippen LogP contribution in [0, 0.1) is 5.92 Å². The van der Waals surface area contributed by atoms with Crippen LogP contribution in [0.5, 0.6) is 0 Å². The number of benzene rings is 2. The fourth-order valence-corrected chi connectivity index (χ4v) is 5.87. The van der Waals surface area contributed by atoms with Crippen LogP contribution in [0.3, 0.4) is 0 Å². The monoisotopic (exact) mass is 454 g/mol. The summed E-state index contributed by atoms with van der Waals surface area (Å²) >= 11 is 12.3. The molecule has 2 aromatic carbocycles. The van der Waals surface area contributed by atoms with E-state index in [0.29, 0.717) is 35.0 Å².